The van der Waals surface area contributed by atoms with Crippen molar-refractivity contribution in [2.45, 2.75) is 57.0 Å². The first-order chi connectivity index (χ1) is 35.7. The average Bonchev–Trinajstić information content (AvgIpc) is 4.32. The molecule has 5 aliphatic rings. The highest BCUT2D eigenvalue weighted by atomic mass is 32.2. The van der Waals surface area contributed by atoms with Crippen LogP contribution in [-0.2, 0) is 71.4 Å². The molecule has 0 aliphatic carbocycles. The minimum atomic E-state index is -0.841. The van der Waals surface area contributed by atoms with Crippen molar-refractivity contribution >= 4 is 53.4 Å². The van der Waals surface area contributed by atoms with Gasteiger partial charge in [0.2, 0.25) is 23.6 Å². The number of nitrogens with zero attached hydrogens (tertiary/aromatic N) is 5. The second kappa shape index (κ2) is 32.6. The second-order valence-electron chi connectivity index (χ2n) is 19.4. The van der Waals surface area contributed by atoms with E-state index in [2.05, 4.69) is 15.5 Å². The number of hydrogen-bond acceptors (Lipinski definition) is 21. The quantitative estimate of drug-likeness (QED) is 0.0214. The summed E-state index contributed by atoms with van der Waals surface area (Å²) in [5, 5.41) is 27.7. The number of piperazine rings is 1. The fourth-order valence-electron chi connectivity index (χ4n) is 8.67. The molecule has 5 aliphatic heterocycles. The van der Waals surface area contributed by atoms with E-state index >= 15 is 0 Å². The summed E-state index contributed by atoms with van der Waals surface area (Å²) in [6, 6.07) is 0. The van der Waals surface area contributed by atoms with Crippen molar-refractivity contribution in [3.8, 4) is 0 Å². The van der Waals surface area contributed by atoms with Gasteiger partial charge in [-0.25, -0.2) is 4.79 Å². The Balaban J connectivity index is 1.06. The molecule has 6 atom stereocenters. The minimum absolute atomic E-state index is 0.00935. The van der Waals surface area contributed by atoms with E-state index in [1.165, 1.54) is 35.8 Å². The highest BCUT2D eigenvalue weighted by Crippen LogP contribution is 2.24. The zero-order valence-corrected chi connectivity index (χ0v) is 44.3. The summed E-state index contributed by atoms with van der Waals surface area (Å²) < 4.78 is 49.8. The Morgan fingerprint density at radius 3 is 1.69 bits per heavy atom. The van der Waals surface area contributed by atoms with Crippen LogP contribution in [0.15, 0.2) is 0 Å². The summed E-state index contributed by atoms with van der Waals surface area (Å²) in [5.41, 5.74) is -0.793. The molecule has 26 heteroatoms. The largest absolute Gasteiger partial charge is 0.469 e. The van der Waals surface area contributed by atoms with Gasteiger partial charge < -0.3 is 83.1 Å². The number of thioether (sulfide) groups is 1. The maximum absolute atomic E-state index is 12.9. The third-order valence-corrected chi connectivity index (χ3v) is 14.2. The molecule has 74 heavy (non-hydrogen) atoms. The van der Waals surface area contributed by atoms with Gasteiger partial charge in [-0.1, -0.05) is 0 Å². The number of ether oxygens (including phenoxy) is 9. The number of aliphatic hydroxyl groups excluding tert-OH is 2. The van der Waals surface area contributed by atoms with E-state index in [0.717, 1.165) is 0 Å². The van der Waals surface area contributed by atoms with E-state index in [1.54, 1.807) is 11.8 Å². The van der Waals surface area contributed by atoms with Crippen molar-refractivity contribution in [2.75, 3.05) is 190 Å². The number of esters is 2. The number of β-amino-alcohol motifs (C(OH)–C–C–N with tert-alkyl or cyclic N) is 1. The van der Waals surface area contributed by atoms with Gasteiger partial charge in [-0.3, -0.25) is 33.7 Å². The summed E-state index contributed by atoms with van der Waals surface area (Å²) in [6.45, 7) is 9.98. The molecule has 0 saturated carbocycles. The molecule has 5 saturated heterocycles. The number of likely N-dealkylation sites (tertiary alicyclic amines) is 2. The first-order valence-corrected chi connectivity index (χ1v) is 26.9. The number of carbonyl (C=O) groups is 7. The van der Waals surface area contributed by atoms with Crippen molar-refractivity contribution in [3.63, 3.8) is 0 Å². The average molecular weight is 1080 g/mol. The Bertz CT molecular complexity index is 1690. The number of epoxide rings is 2. The molecule has 4 N–H and O–H groups in total. The van der Waals surface area contributed by atoms with Crippen molar-refractivity contribution in [2.24, 2.45) is 17.3 Å². The van der Waals surface area contributed by atoms with E-state index in [9.17, 15) is 43.8 Å². The van der Waals surface area contributed by atoms with Crippen molar-refractivity contribution < 1.29 is 86.4 Å². The predicted octanol–water partition coefficient (Wildman–Crippen LogP) is -2.58. The molecular formula is C48H81N7O18S. The Morgan fingerprint density at radius 1 is 0.730 bits per heavy atom. The van der Waals surface area contributed by atoms with Crippen LogP contribution in [0.3, 0.4) is 0 Å². The molecule has 0 spiro atoms. The monoisotopic (exact) mass is 1080 g/mol. The number of amides is 5. The summed E-state index contributed by atoms with van der Waals surface area (Å²) in [6.07, 6.45) is -1.54. The van der Waals surface area contributed by atoms with Crippen molar-refractivity contribution in [3.05, 3.63) is 0 Å². The van der Waals surface area contributed by atoms with Crippen LogP contribution in [0.4, 0.5) is 4.79 Å². The zero-order chi connectivity index (χ0) is 53.3. The van der Waals surface area contributed by atoms with Gasteiger partial charge in [-0.15, -0.1) is 0 Å². The summed E-state index contributed by atoms with van der Waals surface area (Å²) in [4.78, 5) is 95.4. The van der Waals surface area contributed by atoms with Crippen molar-refractivity contribution in [1.82, 2.24) is 35.1 Å². The van der Waals surface area contributed by atoms with E-state index in [1.807, 2.05) is 4.90 Å². The Kier molecular flexibility index (Phi) is 26.8. The lowest BCUT2D eigenvalue weighted by Gasteiger charge is -2.35. The molecular weight excluding hydrogens is 995 g/mol. The van der Waals surface area contributed by atoms with Crippen LogP contribution in [0.25, 0.3) is 0 Å². The summed E-state index contributed by atoms with van der Waals surface area (Å²) >= 11 is 1.49. The maximum Gasteiger partial charge on any atom is 0.409 e. The van der Waals surface area contributed by atoms with Crippen LogP contribution in [0.1, 0.15) is 32.6 Å². The molecule has 6 unspecified atom stereocenters. The lowest BCUT2D eigenvalue weighted by molar-refractivity contribution is -0.145. The number of rotatable bonds is 38. The van der Waals surface area contributed by atoms with Gasteiger partial charge in [-0.05, 0) is 6.92 Å². The minimum Gasteiger partial charge on any atom is -0.469 e. The number of hydrogen-bond donors (Lipinski definition) is 4. The summed E-state index contributed by atoms with van der Waals surface area (Å²) in [5.74, 6) is -1.88. The molecule has 0 radical (unpaired) electrons. The maximum atomic E-state index is 12.9. The van der Waals surface area contributed by atoms with Crippen LogP contribution in [0.2, 0.25) is 0 Å². The molecule has 5 rings (SSSR count). The van der Waals surface area contributed by atoms with Gasteiger partial charge in [0, 0.05) is 129 Å². The Hall–Kier alpha value is -3.96. The molecule has 0 bridgehead atoms. The Morgan fingerprint density at radius 2 is 1.22 bits per heavy atom. The van der Waals surface area contributed by atoms with E-state index in [-0.39, 0.29) is 147 Å². The van der Waals surface area contributed by atoms with Gasteiger partial charge in [0.25, 0.3) is 0 Å². The first-order valence-electron chi connectivity index (χ1n) is 25.8. The zero-order valence-electron chi connectivity index (χ0n) is 43.5. The fraction of sp³-hybridized carbons (Fsp3) is 0.854. The number of nitrogens with one attached hydrogen (secondary N) is 2. The lowest BCUT2D eigenvalue weighted by atomic mass is 9.92. The van der Waals surface area contributed by atoms with Crippen LogP contribution < -0.4 is 10.6 Å². The van der Waals surface area contributed by atoms with Gasteiger partial charge in [-0.2, -0.15) is 11.8 Å². The molecule has 5 heterocycles. The lowest BCUT2D eigenvalue weighted by Crippen LogP contribution is -2.51. The van der Waals surface area contributed by atoms with E-state index in [0.29, 0.717) is 96.9 Å². The molecule has 0 aromatic rings. The van der Waals surface area contributed by atoms with Gasteiger partial charge in [0.1, 0.15) is 12.2 Å². The molecule has 422 valence electrons. The van der Waals surface area contributed by atoms with Gasteiger partial charge in [0.15, 0.2) is 0 Å². The van der Waals surface area contributed by atoms with Crippen LogP contribution in [0.5, 0.6) is 0 Å². The van der Waals surface area contributed by atoms with Crippen LogP contribution in [0, 0.1) is 17.3 Å². The molecule has 5 fully saturated rings. The number of methoxy groups -OCH3 is 2. The van der Waals surface area contributed by atoms with E-state index in [4.69, 9.17) is 42.6 Å². The fourth-order valence-corrected chi connectivity index (χ4v) is 9.59. The topological polar surface area (TPSA) is 290 Å². The smallest absolute Gasteiger partial charge is 0.409 e. The normalized spacial score (nSPS) is 22.4. The van der Waals surface area contributed by atoms with Gasteiger partial charge >= 0.3 is 18.0 Å². The standard InChI is InChI=1S/C48H81N7O18S/c1-4-71-47(64)53-15-13-52(14-16-53)23-37(56)24-67-31-48(33-69-26-39-28-72-39,34-70-27-40-29-73-40)32-68-25-38(57)30-74-18-17-51(9-5-41(58)49-7-11-54-21-35(19-43(54)60)45(62)65-2)10-6-42(59)50-8-12-55-22-36(20-44(55)61)46(63)66-3/h35-40,56-57H,4-34H2,1-3H3,(H,49,58)(H,50,59). The molecule has 0 aromatic heterocycles. The van der Waals surface area contributed by atoms with Crippen LogP contribution >= 0.6 is 11.8 Å². The molecule has 5 amide bonds. The first kappa shape index (κ1) is 60.9. The number of carbonyl (C=O) groups excluding carboxylic acids is 7. The molecule has 0 aromatic carbocycles. The third-order valence-electron chi connectivity index (χ3n) is 13.1. The summed E-state index contributed by atoms with van der Waals surface area (Å²) in [7, 11) is 2.56. The van der Waals surface area contributed by atoms with Crippen molar-refractivity contribution in [1.29, 1.82) is 0 Å². The van der Waals surface area contributed by atoms with Gasteiger partial charge in [0.05, 0.1) is 116 Å². The second-order valence-corrected chi connectivity index (χ2v) is 20.6. The molecule has 25 nitrogen and oxygen atoms in total. The highest BCUT2D eigenvalue weighted by Gasteiger charge is 2.38. The number of aliphatic hydroxyl groups is 2. The highest BCUT2D eigenvalue weighted by molar-refractivity contribution is 7.99. The SMILES string of the molecule is CCOC(=O)N1CCN(CC(O)COCC(COCC(O)CSCCN(CCC(=O)NCCN2CC(C(=O)OC)CC2=O)CCC(=O)NCCN2CC(C(=O)OC)CC2=O)(COCC2CO2)COCC2CO2)CC1. The Labute approximate surface area is 438 Å². The van der Waals surface area contributed by atoms with E-state index < -0.39 is 41.4 Å². The predicted molar refractivity (Wildman–Crippen MR) is 265 cm³/mol. The van der Waals surface area contributed by atoms with Crippen LogP contribution in [-0.4, -0.2) is 291 Å². The third kappa shape index (κ3) is 22.7.